The molecule has 0 bridgehead atoms. The van der Waals surface area contributed by atoms with Gasteiger partial charge in [-0.3, -0.25) is 9.20 Å². The molecule has 0 aliphatic carbocycles. The lowest BCUT2D eigenvalue weighted by Crippen LogP contribution is -2.46. The molecule has 6 heteroatoms. The van der Waals surface area contributed by atoms with Crippen molar-refractivity contribution in [3.63, 3.8) is 0 Å². The van der Waals surface area contributed by atoms with Gasteiger partial charge >= 0.3 is 0 Å². The van der Waals surface area contributed by atoms with Crippen molar-refractivity contribution in [1.29, 1.82) is 0 Å². The smallest absolute Gasteiger partial charge is 0.191 e. The molecule has 1 saturated heterocycles. The average molecular weight is 306 g/mol. The maximum atomic E-state index is 11.9. The van der Waals surface area contributed by atoms with Crippen molar-refractivity contribution < 1.29 is 4.21 Å². The molecule has 2 unspecified atom stereocenters. The number of thioether (sulfide) groups is 1. The Morgan fingerprint density at radius 3 is 2.74 bits per heavy atom. The molecular formula is C13H27N3OS2. The first-order valence-corrected chi connectivity index (χ1v) is 9.34. The molecule has 19 heavy (non-hydrogen) atoms. The van der Waals surface area contributed by atoms with Crippen molar-refractivity contribution in [3.8, 4) is 0 Å². The van der Waals surface area contributed by atoms with Crippen molar-refractivity contribution in [2.45, 2.75) is 44.4 Å². The molecule has 1 aliphatic heterocycles. The van der Waals surface area contributed by atoms with Gasteiger partial charge in [0.25, 0.3) is 0 Å². The van der Waals surface area contributed by atoms with Gasteiger partial charge in [0.2, 0.25) is 0 Å². The average Bonchev–Trinajstić information content (AvgIpc) is 2.37. The Labute approximate surface area is 124 Å². The van der Waals surface area contributed by atoms with Crippen LogP contribution in [0.2, 0.25) is 0 Å². The molecule has 0 saturated carbocycles. The molecule has 4 nitrogen and oxygen atoms in total. The molecule has 0 amide bonds. The first-order valence-electron chi connectivity index (χ1n) is 6.87. The molecule has 0 aromatic heterocycles. The maximum absolute atomic E-state index is 11.9. The van der Waals surface area contributed by atoms with E-state index in [1.54, 1.807) is 7.05 Å². The van der Waals surface area contributed by atoms with Gasteiger partial charge in [0.05, 0.1) is 0 Å². The standard InChI is InChI=1S/C13H27N3OS2/c1-13(2,3)19(17)9-7-15-12(14-4)16-11-6-5-8-18-10-11/h11H,5-10H2,1-4H3,(H2,14,15,16). The maximum Gasteiger partial charge on any atom is 0.191 e. The zero-order valence-electron chi connectivity index (χ0n) is 12.5. The second-order valence-electron chi connectivity index (χ2n) is 5.72. The number of hydrogen-bond donors (Lipinski definition) is 2. The molecule has 1 rings (SSSR count). The summed E-state index contributed by atoms with van der Waals surface area (Å²) in [7, 11) is 0.972. The summed E-state index contributed by atoms with van der Waals surface area (Å²) < 4.78 is 11.8. The highest BCUT2D eigenvalue weighted by Gasteiger charge is 2.19. The van der Waals surface area contributed by atoms with Crippen molar-refractivity contribution in [2.75, 3.05) is 30.9 Å². The molecular weight excluding hydrogens is 278 g/mol. The molecule has 1 heterocycles. The van der Waals surface area contributed by atoms with Crippen LogP contribution in [0.3, 0.4) is 0 Å². The van der Waals surface area contributed by atoms with Crippen molar-refractivity contribution in [1.82, 2.24) is 10.6 Å². The number of guanidine groups is 1. The monoisotopic (exact) mass is 305 g/mol. The third kappa shape index (κ3) is 6.65. The van der Waals surface area contributed by atoms with Gasteiger partial charge in [0.15, 0.2) is 5.96 Å². The van der Waals surface area contributed by atoms with Gasteiger partial charge in [0, 0.05) is 46.7 Å². The minimum Gasteiger partial charge on any atom is -0.355 e. The summed E-state index contributed by atoms with van der Waals surface area (Å²) in [5.74, 6) is 3.91. The summed E-state index contributed by atoms with van der Waals surface area (Å²) in [6.07, 6.45) is 2.48. The molecule has 112 valence electrons. The Balaban J connectivity index is 2.27. The molecule has 0 spiro atoms. The lowest BCUT2D eigenvalue weighted by molar-refractivity contribution is 0.583. The number of rotatable bonds is 4. The number of hydrogen-bond acceptors (Lipinski definition) is 3. The summed E-state index contributed by atoms with van der Waals surface area (Å²) in [4.78, 5) is 4.23. The van der Waals surface area contributed by atoms with Crippen LogP contribution in [0.4, 0.5) is 0 Å². The predicted molar refractivity (Wildman–Crippen MR) is 87.6 cm³/mol. The van der Waals surface area contributed by atoms with E-state index < -0.39 is 10.8 Å². The summed E-state index contributed by atoms with van der Waals surface area (Å²) in [6, 6.07) is 0.512. The molecule has 0 aromatic carbocycles. The van der Waals surface area contributed by atoms with E-state index in [1.165, 1.54) is 18.6 Å². The van der Waals surface area contributed by atoms with Gasteiger partial charge in [-0.05, 0) is 39.4 Å². The van der Waals surface area contributed by atoms with E-state index in [9.17, 15) is 4.21 Å². The van der Waals surface area contributed by atoms with Crippen LogP contribution in [-0.2, 0) is 10.8 Å². The third-order valence-electron chi connectivity index (χ3n) is 2.99. The molecule has 2 atom stereocenters. The molecule has 1 fully saturated rings. The first-order chi connectivity index (χ1) is 8.93. The van der Waals surface area contributed by atoms with E-state index in [-0.39, 0.29) is 4.75 Å². The van der Waals surface area contributed by atoms with Crippen LogP contribution >= 0.6 is 11.8 Å². The SMILES string of the molecule is CN=C(NCCS(=O)C(C)(C)C)NC1CCCSC1. The van der Waals surface area contributed by atoms with Crippen LogP contribution in [0, 0.1) is 0 Å². The lowest BCUT2D eigenvalue weighted by Gasteiger charge is -2.25. The Morgan fingerprint density at radius 1 is 1.47 bits per heavy atom. The highest BCUT2D eigenvalue weighted by atomic mass is 32.2. The third-order valence-corrected chi connectivity index (χ3v) is 6.14. The van der Waals surface area contributed by atoms with Gasteiger partial charge in [-0.25, -0.2) is 0 Å². The fourth-order valence-corrected chi connectivity index (χ4v) is 3.78. The lowest BCUT2D eigenvalue weighted by atomic mass is 10.2. The highest BCUT2D eigenvalue weighted by molar-refractivity contribution is 7.99. The fraction of sp³-hybridized carbons (Fsp3) is 0.923. The van der Waals surface area contributed by atoms with Crippen LogP contribution < -0.4 is 10.6 Å². The van der Waals surface area contributed by atoms with Gasteiger partial charge < -0.3 is 10.6 Å². The normalized spacial score (nSPS) is 22.9. The predicted octanol–water partition coefficient (Wildman–Crippen LogP) is 1.59. The van der Waals surface area contributed by atoms with Gasteiger partial charge in [-0.1, -0.05) is 0 Å². The van der Waals surface area contributed by atoms with Crippen LogP contribution in [0.1, 0.15) is 33.6 Å². The van der Waals surface area contributed by atoms with E-state index in [0.717, 1.165) is 11.7 Å². The van der Waals surface area contributed by atoms with E-state index in [0.29, 0.717) is 18.3 Å². The molecule has 2 N–H and O–H groups in total. The molecule has 0 radical (unpaired) electrons. The van der Waals surface area contributed by atoms with Crippen molar-refractivity contribution in [2.24, 2.45) is 4.99 Å². The van der Waals surface area contributed by atoms with E-state index in [1.807, 2.05) is 32.5 Å². The van der Waals surface area contributed by atoms with Crippen LogP contribution in [0.25, 0.3) is 0 Å². The molecule has 0 aromatic rings. The zero-order valence-corrected chi connectivity index (χ0v) is 14.1. The molecule has 1 aliphatic rings. The van der Waals surface area contributed by atoms with Gasteiger partial charge in [-0.2, -0.15) is 11.8 Å². The minimum atomic E-state index is -0.812. The van der Waals surface area contributed by atoms with E-state index in [2.05, 4.69) is 15.6 Å². The minimum absolute atomic E-state index is 0.140. The number of aliphatic imine (C=N–C) groups is 1. The van der Waals surface area contributed by atoms with Crippen LogP contribution in [0.15, 0.2) is 4.99 Å². The van der Waals surface area contributed by atoms with E-state index >= 15 is 0 Å². The highest BCUT2D eigenvalue weighted by Crippen LogP contribution is 2.16. The quantitative estimate of drug-likeness (QED) is 0.612. The largest absolute Gasteiger partial charge is 0.355 e. The van der Waals surface area contributed by atoms with Crippen LogP contribution in [-0.4, -0.2) is 51.8 Å². The Morgan fingerprint density at radius 2 is 2.21 bits per heavy atom. The fourth-order valence-electron chi connectivity index (χ4n) is 1.81. The van der Waals surface area contributed by atoms with Crippen molar-refractivity contribution >= 4 is 28.5 Å². The topological polar surface area (TPSA) is 53.5 Å². The van der Waals surface area contributed by atoms with Crippen LogP contribution in [0.5, 0.6) is 0 Å². The Kier molecular flexibility index (Phi) is 7.21. The second kappa shape index (κ2) is 8.15. The van der Waals surface area contributed by atoms with E-state index in [4.69, 9.17) is 0 Å². The zero-order chi connectivity index (χ0) is 14.3. The summed E-state index contributed by atoms with van der Waals surface area (Å²) in [5.41, 5.74) is 0. The van der Waals surface area contributed by atoms with Crippen molar-refractivity contribution in [3.05, 3.63) is 0 Å². The Hall–Kier alpha value is -0.230. The summed E-state index contributed by atoms with van der Waals surface area (Å²) in [5, 5.41) is 6.69. The number of nitrogens with zero attached hydrogens (tertiary/aromatic N) is 1. The second-order valence-corrected chi connectivity index (χ2v) is 9.19. The van der Waals surface area contributed by atoms with Gasteiger partial charge in [-0.15, -0.1) is 0 Å². The summed E-state index contributed by atoms with van der Waals surface area (Å²) >= 11 is 1.99. The number of nitrogens with one attached hydrogen (secondary N) is 2. The van der Waals surface area contributed by atoms with Gasteiger partial charge in [0.1, 0.15) is 0 Å². The summed E-state index contributed by atoms with van der Waals surface area (Å²) in [6.45, 7) is 6.73. The first kappa shape index (κ1) is 16.8. The Bertz CT molecular complexity index is 320.